The Morgan fingerprint density at radius 3 is 1.87 bits per heavy atom. The molecule has 0 bridgehead atoms. The van der Waals surface area contributed by atoms with Gasteiger partial charge in [-0.15, -0.1) is 0 Å². The quantitative estimate of drug-likeness (QED) is 0.759. The zero-order valence-corrected chi connectivity index (χ0v) is 9.73. The molecule has 0 atom stereocenters. The summed E-state index contributed by atoms with van der Waals surface area (Å²) in [5.74, 6) is 0. The summed E-state index contributed by atoms with van der Waals surface area (Å²) >= 11 is 2.48. The second-order valence-corrected chi connectivity index (χ2v) is 4.01. The number of rotatable bonds is 2. The summed E-state index contributed by atoms with van der Waals surface area (Å²) in [5, 5.41) is 0. The first-order valence-corrected chi connectivity index (χ1v) is 5.50. The summed E-state index contributed by atoms with van der Waals surface area (Å²) in [6, 6.07) is 17.7. The zero-order valence-electron chi connectivity index (χ0n) is 8.01. The Hall–Kier alpha value is -1.37. The standard InChI is InChI=1S/C13H10OSe/c14-13(15)12-8-6-11(7-9-12)10-4-2-1-3-5-10/h1-9H,(H,14,15)/p-1. The first kappa shape index (κ1) is 10.2. The minimum atomic E-state index is -0.0189. The van der Waals surface area contributed by atoms with Gasteiger partial charge in [0.25, 0.3) is 0 Å². The van der Waals surface area contributed by atoms with Crippen molar-refractivity contribution < 1.29 is 4.79 Å². The maximum atomic E-state index is 11.0. The molecule has 2 aromatic carbocycles. The van der Waals surface area contributed by atoms with E-state index in [1.807, 2.05) is 42.5 Å². The predicted molar refractivity (Wildman–Crippen MR) is 62.0 cm³/mol. The van der Waals surface area contributed by atoms with Crippen molar-refractivity contribution in [2.45, 2.75) is 0 Å². The molecule has 0 N–H and O–H groups in total. The summed E-state index contributed by atoms with van der Waals surface area (Å²) in [6.45, 7) is 0. The van der Waals surface area contributed by atoms with Crippen molar-refractivity contribution in [3.63, 3.8) is 0 Å². The summed E-state index contributed by atoms with van der Waals surface area (Å²) in [4.78, 5) is 11.0. The van der Waals surface area contributed by atoms with E-state index in [2.05, 4.69) is 28.1 Å². The first-order valence-electron chi connectivity index (χ1n) is 4.64. The van der Waals surface area contributed by atoms with Crippen LogP contribution in [0.2, 0.25) is 0 Å². The fourth-order valence-corrected chi connectivity index (χ4v) is 1.71. The van der Waals surface area contributed by atoms with Crippen LogP contribution in [0.1, 0.15) is 10.4 Å². The van der Waals surface area contributed by atoms with Gasteiger partial charge in [0.15, 0.2) is 0 Å². The SMILES string of the molecule is O=C([Se-])c1ccc(-c2ccccc2)cc1. The molecule has 0 unspecified atom stereocenters. The van der Waals surface area contributed by atoms with Crippen molar-refractivity contribution in [3.05, 3.63) is 60.2 Å². The van der Waals surface area contributed by atoms with Gasteiger partial charge in [0.05, 0.1) is 0 Å². The van der Waals surface area contributed by atoms with E-state index < -0.39 is 0 Å². The minimum absolute atomic E-state index is 0.0189. The van der Waals surface area contributed by atoms with E-state index in [4.69, 9.17) is 0 Å². The summed E-state index contributed by atoms with van der Waals surface area (Å²) in [7, 11) is 0. The molecule has 15 heavy (non-hydrogen) atoms. The van der Waals surface area contributed by atoms with Crippen LogP contribution in [0.5, 0.6) is 0 Å². The summed E-state index contributed by atoms with van der Waals surface area (Å²) < 4.78 is -0.0189. The van der Waals surface area contributed by atoms with E-state index in [-0.39, 0.29) is 4.68 Å². The average Bonchev–Trinajstić information content (AvgIpc) is 2.30. The second-order valence-electron chi connectivity index (χ2n) is 3.23. The molecule has 0 aliphatic heterocycles. The molecular weight excluding hydrogens is 251 g/mol. The van der Waals surface area contributed by atoms with Gasteiger partial charge in [-0.2, -0.15) is 0 Å². The van der Waals surface area contributed by atoms with Crippen LogP contribution in [0.25, 0.3) is 11.1 Å². The second kappa shape index (κ2) is 4.43. The van der Waals surface area contributed by atoms with Crippen LogP contribution in [0.3, 0.4) is 0 Å². The van der Waals surface area contributed by atoms with Crippen LogP contribution in [0.4, 0.5) is 0 Å². The molecule has 2 heteroatoms. The van der Waals surface area contributed by atoms with Crippen molar-refractivity contribution in [2.75, 3.05) is 0 Å². The van der Waals surface area contributed by atoms with Crippen LogP contribution < -0.4 is 0 Å². The van der Waals surface area contributed by atoms with Crippen molar-refractivity contribution in [3.8, 4) is 11.1 Å². The van der Waals surface area contributed by atoms with Gasteiger partial charge >= 0.3 is 96.8 Å². The molecular formula is C13H9OSe-. The molecule has 0 spiro atoms. The average molecular weight is 260 g/mol. The van der Waals surface area contributed by atoms with Crippen LogP contribution in [0.15, 0.2) is 54.6 Å². The Labute approximate surface area is 97.0 Å². The van der Waals surface area contributed by atoms with Gasteiger partial charge in [0.1, 0.15) is 0 Å². The van der Waals surface area contributed by atoms with Crippen LogP contribution in [0, 0.1) is 0 Å². The molecule has 74 valence electrons. The Bertz CT molecular complexity index is 460. The summed E-state index contributed by atoms with van der Waals surface area (Å²) in [5.41, 5.74) is 2.99. The van der Waals surface area contributed by atoms with Crippen molar-refractivity contribution in [1.82, 2.24) is 0 Å². The molecule has 0 aliphatic carbocycles. The molecule has 0 saturated heterocycles. The van der Waals surface area contributed by atoms with Gasteiger partial charge < -0.3 is 0 Å². The number of hydrogen-bond donors (Lipinski definition) is 0. The van der Waals surface area contributed by atoms with Gasteiger partial charge in [0.2, 0.25) is 0 Å². The zero-order chi connectivity index (χ0) is 10.7. The number of carbonyl (C=O) groups excluding carboxylic acids is 1. The molecule has 0 amide bonds. The predicted octanol–water partition coefficient (Wildman–Crippen LogP) is 2.66. The molecule has 0 aromatic heterocycles. The molecule has 0 fully saturated rings. The molecule has 2 aromatic rings. The van der Waals surface area contributed by atoms with E-state index in [0.29, 0.717) is 5.56 Å². The van der Waals surface area contributed by atoms with Crippen LogP contribution >= 0.6 is 0 Å². The molecule has 1 nitrogen and oxygen atoms in total. The van der Waals surface area contributed by atoms with E-state index in [0.717, 1.165) is 11.1 Å². The normalized spacial score (nSPS) is 9.87. The van der Waals surface area contributed by atoms with E-state index >= 15 is 0 Å². The van der Waals surface area contributed by atoms with Crippen molar-refractivity contribution in [1.29, 1.82) is 0 Å². The van der Waals surface area contributed by atoms with Crippen molar-refractivity contribution >= 4 is 20.7 Å². The maximum absolute atomic E-state index is 11.0. The van der Waals surface area contributed by atoms with Gasteiger partial charge in [-0.1, -0.05) is 0 Å². The Kier molecular flexibility index (Phi) is 3.00. The van der Waals surface area contributed by atoms with Gasteiger partial charge in [-0.25, -0.2) is 0 Å². The van der Waals surface area contributed by atoms with E-state index in [1.165, 1.54) is 0 Å². The molecule has 0 saturated carbocycles. The first-order chi connectivity index (χ1) is 7.27. The molecule has 0 aliphatic rings. The fraction of sp³-hybridized carbons (Fsp3) is 0. The Balaban J connectivity index is 2.36. The Morgan fingerprint density at radius 1 is 0.800 bits per heavy atom. The number of carbonyl (C=O) groups is 1. The van der Waals surface area contributed by atoms with Gasteiger partial charge in [-0.05, 0) is 0 Å². The summed E-state index contributed by atoms with van der Waals surface area (Å²) in [6.07, 6.45) is 0. The van der Waals surface area contributed by atoms with Crippen molar-refractivity contribution in [2.24, 2.45) is 0 Å². The molecule has 2 rings (SSSR count). The number of benzene rings is 2. The monoisotopic (exact) mass is 261 g/mol. The third-order valence-electron chi connectivity index (χ3n) is 2.23. The van der Waals surface area contributed by atoms with Crippen LogP contribution in [-0.2, 0) is 0 Å². The third-order valence-corrected chi connectivity index (χ3v) is 2.72. The van der Waals surface area contributed by atoms with E-state index in [1.54, 1.807) is 0 Å². The van der Waals surface area contributed by atoms with Gasteiger partial charge in [-0.3, -0.25) is 0 Å². The fourth-order valence-electron chi connectivity index (χ4n) is 1.43. The molecule has 0 radical (unpaired) electrons. The third kappa shape index (κ3) is 2.35. The van der Waals surface area contributed by atoms with E-state index in [9.17, 15) is 4.79 Å². The Morgan fingerprint density at radius 2 is 1.33 bits per heavy atom. The topological polar surface area (TPSA) is 17.1 Å². The molecule has 0 heterocycles. The van der Waals surface area contributed by atoms with Crippen LogP contribution in [-0.4, -0.2) is 20.7 Å². The number of hydrogen-bond acceptors (Lipinski definition) is 1. The van der Waals surface area contributed by atoms with Gasteiger partial charge in [0, 0.05) is 0 Å².